The third-order valence-corrected chi connectivity index (χ3v) is 3.44. The summed E-state index contributed by atoms with van der Waals surface area (Å²) in [7, 11) is 0. The summed E-state index contributed by atoms with van der Waals surface area (Å²) in [6.07, 6.45) is 0.755. The van der Waals surface area contributed by atoms with E-state index in [1.165, 1.54) is 0 Å². The van der Waals surface area contributed by atoms with Gasteiger partial charge in [-0.25, -0.2) is 0 Å². The van der Waals surface area contributed by atoms with Crippen molar-refractivity contribution in [2.24, 2.45) is 5.41 Å². The first-order valence-electron chi connectivity index (χ1n) is 7.39. The predicted octanol–water partition coefficient (Wildman–Crippen LogP) is 3.79. The number of hydrogen-bond acceptors (Lipinski definition) is 4. The van der Waals surface area contributed by atoms with Crippen LogP contribution in [0, 0.1) is 5.41 Å². The Morgan fingerprint density at radius 3 is 1.33 bits per heavy atom. The monoisotopic (exact) mass is 296 g/mol. The van der Waals surface area contributed by atoms with Crippen molar-refractivity contribution in [3.8, 4) is 0 Å². The van der Waals surface area contributed by atoms with Crippen LogP contribution in [0.4, 0.5) is 0 Å². The third kappa shape index (κ3) is 4.32. The van der Waals surface area contributed by atoms with E-state index in [1.54, 1.807) is 41.5 Å². The van der Waals surface area contributed by atoms with Gasteiger partial charge >= 0.3 is 11.9 Å². The number of esters is 2. The van der Waals surface area contributed by atoms with E-state index in [2.05, 4.69) is 0 Å². The topological polar surface area (TPSA) is 52.6 Å². The Morgan fingerprint density at radius 1 is 0.810 bits per heavy atom. The maximum absolute atomic E-state index is 12.7. The number of allylic oxidation sites excluding steroid dienone is 2. The van der Waals surface area contributed by atoms with Crippen molar-refractivity contribution in [2.45, 2.75) is 79.4 Å². The highest BCUT2D eigenvalue weighted by atomic mass is 16.6. The zero-order valence-electron chi connectivity index (χ0n) is 14.5. The van der Waals surface area contributed by atoms with Crippen molar-refractivity contribution >= 4 is 11.9 Å². The Bertz CT molecular complexity index is 428. The predicted molar refractivity (Wildman–Crippen MR) is 81.7 cm³/mol. The van der Waals surface area contributed by atoms with Crippen LogP contribution in [0.15, 0.2) is 11.1 Å². The average molecular weight is 296 g/mol. The summed E-state index contributed by atoms with van der Waals surface area (Å²) in [5.74, 6) is -0.971. The Kier molecular flexibility index (Phi) is 4.62. The molecule has 0 N–H and O–H groups in total. The highest BCUT2D eigenvalue weighted by Gasteiger charge is 2.53. The van der Waals surface area contributed by atoms with Crippen LogP contribution in [0.1, 0.15) is 68.2 Å². The number of rotatable bonds is 2. The molecule has 0 unspecified atom stereocenters. The highest BCUT2D eigenvalue weighted by molar-refractivity contribution is 6.01. The van der Waals surface area contributed by atoms with Crippen LogP contribution in [-0.2, 0) is 19.1 Å². The molecule has 0 radical (unpaired) electrons. The molecule has 1 rings (SSSR count). The molecule has 4 nitrogen and oxygen atoms in total. The molecular weight excluding hydrogens is 268 g/mol. The van der Waals surface area contributed by atoms with Gasteiger partial charge in [-0.15, -0.1) is 0 Å². The normalized spacial score (nSPS) is 18.7. The van der Waals surface area contributed by atoms with Crippen molar-refractivity contribution in [2.75, 3.05) is 0 Å². The quantitative estimate of drug-likeness (QED) is 0.442. The maximum Gasteiger partial charge on any atom is 0.324 e. The second-order valence-electron chi connectivity index (χ2n) is 8.00. The zero-order chi connectivity index (χ0) is 16.6. The fourth-order valence-corrected chi connectivity index (χ4v) is 2.39. The standard InChI is InChI=1S/C17H28O4/c1-11-9-17(10-12(11)2,13(18)20-15(3,4)5)14(19)21-16(6,7)8/h9-10H2,1-8H3. The molecule has 21 heavy (non-hydrogen) atoms. The van der Waals surface area contributed by atoms with Gasteiger partial charge in [-0.3, -0.25) is 9.59 Å². The minimum atomic E-state index is -1.23. The first-order valence-corrected chi connectivity index (χ1v) is 7.39. The number of carbonyl (C=O) groups excluding carboxylic acids is 2. The molecule has 4 heteroatoms. The molecule has 0 amide bonds. The molecular formula is C17H28O4. The van der Waals surface area contributed by atoms with E-state index >= 15 is 0 Å². The Morgan fingerprint density at radius 2 is 1.10 bits per heavy atom. The summed E-state index contributed by atoms with van der Waals surface area (Å²) in [5, 5.41) is 0. The molecule has 0 aromatic heterocycles. The largest absolute Gasteiger partial charge is 0.459 e. The number of hydrogen-bond donors (Lipinski definition) is 0. The maximum atomic E-state index is 12.7. The molecule has 0 spiro atoms. The lowest BCUT2D eigenvalue weighted by Gasteiger charge is -2.32. The molecule has 0 bridgehead atoms. The lowest BCUT2D eigenvalue weighted by atomic mass is 9.83. The second kappa shape index (κ2) is 5.47. The van der Waals surface area contributed by atoms with Gasteiger partial charge in [0, 0.05) is 0 Å². The molecule has 1 aliphatic rings. The zero-order valence-corrected chi connectivity index (χ0v) is 14.5. The van der Waals surface area contributed by atoms with E-state index in [1.807, 2.05) is 13.8 Å². The van der Waals surface area contributed by atoms with E-state index < -0.39 is 28.6 Å². The van der Waals surface area contributed by atoms with Crippen LogP contribution in [0.5, 0.6) is 0 Å². The van der Waals surface area contributed by atoms with Crippen LogP contribution in [0.2, 0.25) is 0 Å². The minimum Gasteiger partial charge on any atom is -0.459 e. The van der Waals surface area contributed by atoms with Gasteiger partial charge in [0.1, 0.15) is 11.2 Å². The molecule has 0 aromatic rings. The van der Waals surface area contributed by atoms with E-state index in [4.69, 9.17) is 9.47 Å². The van der Waals surface area contributed by atoms with Crippen molar-refractivity contribution in [1.29, 1.82) is 0 Å². The molecule has 0 saturated heterocycles. The molecule has 0 atom stereocenters. The van der Waals surface area contributed by atoms with E-state index in [-0.39, 0.29) is 0 Å². The van der Waals surface area contributed by atoms with Gasteiger partial charge in [-0.2, -0.15) is 0 Å². The second-order valence-corrected chi connectivity index (χ2v) is 8.00. The lowest BCUT2D eigenvalue weighted by Crippen LogP contribution is -2.45. The van der Waals surface area contributed by atoms with Gasteiger partial charge in [-0.05, 0) is 68.2 Å². The third-order valence-electron chi connectivity index (χ3n) is 3.44. The number of carbonyl (C=O) groups is 2. The van der Waals surface area contributed by atoms with Crippen molar-refractivity contribution in [3.63, 3.8) is 0 Å². The molecule has 1 aliphatic carbocycles. The van der Waals surface area contributed by atoms with Crippen LogP contribution in [-0.4, -0.2) is 23.1 Å². The lowest BCUT2D eigenvalue weighted by molar-refractivity contribution is -0.184. The summed E-state index contributed by atoms with van der Waals surface area (Å²) >= 11 is 0. The fraction of sp³-hybridized carbons (Fsp3) is 0.765. The van der Waals surface area contributed by atoms with Crippen LogP contribution in [0.3, 0.4) is 0 Å². The SMILES string of the molecule is CC1=C(C)CC(C(=O)OC(C)(C)C)(C(=O)OC(C)(C)C)C1. The molecule has 120 valence electrons. The average Bonchev–Trinajstić information content (AvgIpc) is 2.51. The highest BCUT2D eigenvalue weighted by Crippen LogP contribution is 2.45. The molecule has 0 aliphatic heterocycles. The van der Waals surface area contributed by atoms with Gasteiger partial charge < -0.3 is 9.47 Å². The molecule has 0 saturated carbocycles. The van der Waals surface area contributed by atoms with E-state index in [9.17, 15) is 9.59 Å². The van der Waals surface area contributed by atoms with E-state index in [0.717, 1.165) is 11.1 Å². The van der Waals surface area contributed by atoms with Crippen LogP contribution < -0.4 is 0 Å². The van der Waals surface area contributed by atoms with E-state index in [0.29, 0.717) is 12.8 Å². The fourth-order valence-electron chi connectivity index (χ4n) is 2.39. The van der Waals surface area contributed by atoms with Crippen molar-refractivity contribution < 1.29 is 19.1 Å². The van der Waals surface area contributed by atoms with Crippen molar-refractivity contribution in [1.82, 2.24) is 0 Å². The molecule has 0 fully saturated rings. The summed E-state index contributed by atoms with van der Waals surface area (Å²) < 4.78 is 11.0. The van der Waals surface area contributed by atoms with Gasteiger partial charge in [0.2, 0.25) is 0 Å². The smallest absolute Gasteiger partial charge is 0.324 e. The molecule has 0 heterocycles. The minimum absolute atomic E-state index is 0.378. The first kappa shape index (κ1) is 17.7. The van der Waals surface area contributed by atoms with Gasteiger partial charge in [0.15, 0.2) is 5.41 Å². The van der Waals surface area contributed by atoms with Gasteiger partial charge in [-0.1, -0.05) is 11.1 Å². The summed E-state index contributed by atoms with van der Waals surface area (Å²) in [5.41, 5.74) is -0.361. The summed E-state index contributed by atoms with van der Waals surface area (Å²) in [6, 6.07) is 0. The van der Waals surface area contributed by atoms with Gasteiger partial charge in [0.25, 0.3) is 0 Å². The van der Waals surface area contributed by atoms with Crippen LogP contribution in [0.25, 0.3) is 0 Å². The summed E-state index contributed by atoms with van der Waals surface area (Å²) in [6.45, 7) is 14.7. The Hall–Kier alpha value is -1.32. The van der Waals surface area contributed by atoms with Crippen molar-refractivity contribution in [3.05, 3.63) is 11.1 Å². The summed E-state index contributed by atoms with van der Waals surface area (Å²) in [4.78, 5) is 25.3. The molecule has 0 aromatic carbocycles. The Labute approximate surface area is 127 Å². The first-order chi connectivity index (χ1) is 9.27. The van der Waals surface area contributed by atoms with Crippen LogP contribution >= 0.6 is 0 Å². The number of ether oxygens (including phenoxy) is 2. The van der Waals surface area contributed by atoms with Gasteiger partial charge in [0.05, 0.1) is 0 Å². The Balaban J connectivity index is 3.09.